The first-order chi connectivity index (χ1) is 22.4. The molecule has 1 amide bonds. The van der Waals surface area contributed by atoms with Gasteiger partial charge in [0.25, 0.3) is 5.91 Å². The first kappa shape index (κ1) is 31.6. The number of aliphatic hydroxyl groups excluding tert-OH is 1. The maximum atomic E-state index is 13.6. The van der Waals surface area contributed by atoms with E-state index in [1.165, 1.54) is 34.1 Å². The summed E-state index contributed by atoms with van der Waals surface area (Å²) in [5.41, 5.74) is 3.24. The molecule has 0 radical (unpaired) electrons. The van der Waals surface area contributed by atoms with Gasteiger partial charge in [0.1, 0.15) is 12.4 Å². The highest BCUT2D eigenvalue weighted by Gasteiger charge is 2.45. The summed E-state index contributed by atoms with van der Waals surface area (Å²) in [6.45, 7) is 0.384. The molecule has 1 N–H and O–H groups in total. The molecular formula is C35H25Cl2N3O4S2. The van der Waals surface area contributed by atoms with Gasteiger partial charge < -0.3 is 9.84 Å². The number of carbonyl (C=O) groups excluding carboxylic acids is 2. The maximum absolute atomic E-state index is 13.6. The van der Waals surface area contributed by atoms with Gasteiger partial charge in [0.2, 0.25) is 5.13 Å². The van der Waals surface area contributed by atoms with Gasteiger partial charge in [-0.2, -0.15) is 0 Å². The zero-order valence-corrected chi connectivity index (χ0v) is 27.2. The Hall–Kier alpha value is -4.41. The molecule has 0 aliphatic carbocycles. The summed E-state index contributed by atoms with van der Waals surface area (Å²) in [7, 11) is 0. The third kappa shape index (κ3) is 7.18. The Kier molecular flexibility index (Phi) is 9.85. The molecule has 0 saturated heterocycles. The predicted molar refractivity (Wildman–Crippen MR) is 184 cm³/mol. The van der Waals surface area contributed by atoms with Gasteiger partial charge in [0, 0.05) is 15.8 Å². The molecule has 1 aromatic heterocycles. The third-order valence-electron chi connectivity index (χ3n) is 7.11. The lowest BCUT2D eigenvalue weighted by Gasteiger charge is -2.24. The minimum atomic E-state index is -0.944. The van der Waals surface area contributed by atoms with Crippen molar-refractivity contribution in [3.05, 3.63) is 153 Å². The molecule has 0 spiro atoms. The molecule has 11 heteroatoms. The summed E-state index contributed by atoms with van der Waals surface area (Å²) in [5.74, 6) is -0.745. The predicted octanol–water partition coefficient (Wildman–Crippen LogP) is 8.90. The highest BCUT2D eigenvalue weighted by molar-refractivity contribution is 8.00. The van der Waals surface area contributed by atoms with Gasteiger partial charge in [-0.15, -0.1) is 10.2 Å². The molecule has 0 fully saturated rings. The molecule has 6 rings (SSSR count). The van der Waals surface area contributed by atoms with Crippen molar-refractivity contribution in [2.75, 3.05) is 4.90 Å². The number of aliphatic hydroxyl groups is 1. The van der Waals surface area contributed by atoms with Crippen LogP contribution in [0.5, 0.6) is 5.75 Å². The van der Waals surface area contributed by atoms with Crippen molar-refractivity contribution in [3.8, 4) is 5.75 Å². The second-order valence-corrected chi connectivity index (χ2v) is 13.2. The molecule has 0 saturated carbocycles. The van der Waals surface area contributed by atoms with Crippen LogP contribution >= 0.6 is 46.3 Å². The minimum Gasteiger partial charge on any atom is -0.503 e. The molecule has 0 bridgehead atoms. The van der Waals surface area contributed by atoms with Crippen LogP contribution < -0.4 is 9.64 Å². The largest absolute Gasteiger partial charge is 0.503 e. The summed E-state index contributed by atoms with van der Waals surface area (Å²) in [6, 6.07) is 30.5. The van der Waals surface area contributed by atoms with Crippen LogP contribution in [0.25, 0.3) is 6.08 Å². The molecule has 1 atom stereocenters. The van der Waals surface area contributed by atoms with E-state index in [2.05, 4.69) is 10.2 Å². The highest BCUT2D eigenvalue weighted by Crippen LogP contribution is 2.44. The number of ether oxygens (including phenoxy) is 1. The number of anilines is 1. The van der Waals surface area contributed by atoms with Gasteiger partial charge in [-0.3, -0.25) is 14.5 Å². The molecule has 7 nitrogen and oxygen atoms in total. The first-order valence-electron chi connectivity index (χ1n) is 14.1. The van der Waals surface area contributed by atoms with Crippen LogP contribution in [-0.2, 0) is 21.9 Å². The number of allylic oxidation sites excluding steroid dienone is 1. The van der Waals surface area contributed by atoms with E-state index < -0.39 is 23.5 Å². The summed E-state index contributed by atoms with van der Waals surface area (Å²) in [6.07, 6.45) is 3.01. The van der Waals surface area contributed by atoms with Crippen LogP contribution in [0, 0.1) is 0 Å². The van der Waals surface area contributed by atoms with E-state index in [1.54, 1.807) is 42.5 Å². The molecule has 1 unspecified atom stereocenters. The van der Waals surface area contributed by atoms with E-state index in [0.29, 0.717) is 38.1 Å². The van der Waals surface area contributed by atoms with Crippen molar-refractivity contribution >= 4 is 69.2 Å². The van der Waals surface area contributed by atoms with Crippen LogP contribution in [0.2, 0.25) is 10.0 Å². The van der Waals surface area contributed by atoms with Gasteiger partial charge in [0.15, 0.2) is 15.9 Å². The zero-order valence-electron chi connectivity index (χ0n) is 24.0. The number of ketones is 1. The molecule has 1 aliphatic rings. The number of rotatable bonds is 11. The number of hydrogen-bond donors (Lipinski definition) is 1. The molecule has 4 aromatic carbocycles. The van der Waals surface area contributed by atoms with Gasteiger partial charge in [0.05, 0.1) is 11.6 Å². The Morgan fingerprint density at radius 1 is 0.957 bits per heavy atom. The lowest BCUT2D eigenvalue weighted by molar-refractivity contribution is -0.117. The highest BCUT2D eigenvalue weighted by atomic mass is 35.5. The number of thioether (sulfide) groups is 1. The van der Waals surface area contributed by atoms with Crippen molar-refractivity contribution in [1.29, 1.82) is 0 Å². The fourth-order valence-corrected chi connectivity index (χ4v) is 7.25. The van der Waals surface area contributed by atoms with Crippen molar-refractivity contribution in [1.82, 2.24) is 10.2 Å². The summed E-state index contributed by atoms with van der Waals surface area (Å²) in [5, 5.41) is 21.0. The Morgan fingerprint density at radius 3 is 2.39 bits per heavy atom. The summed E-state index contributed by atoms with van der Waals surface area (Å²) < 4.78 is 6.53. The third-order valence-corrected chi connectivity index (χ3v) is 9.80. The van der Waals surface area contributed by atoms with Gasteiger partial charge in [-0.05, 0) is 52.6 Å². The molecule has 46 heavy (non-hydrogen) atoms. The van der Waals surface area contributed by atoms with Crippen molar-refractivity contribution in [3.63, 3.8) is 0 Å². The van der Waals surface area contributed by atoms with Crippen molar-refractivity contribution in [2.45, 2.75) is 22.7 Å². The Morgan fingerprint density at radius 2 is 1.67 bits per heavy atom. The van der Waals surface area contributed by atoms with E-state index in [4.69, 9.17) is 27.9 Å². The molecular weight excluding hydrogens is 661 g/mol. The monoisotopic (exact) mass is 685 g/mol. The fourth-order valence-electron chi connectivity index (χ4n) is 4.82. The average Bonchev–Trinajstić information content (AvgIpc) is 3.65. The van der Waals surface area contributed by atoms with Crippen molar-refractivity contribution in [2.24, 2.45) is 0 Å². The van der Waals surface area contributed by atoms with E-state index in [1.807, 2.05) is 66.7 Å². The first-order valence-corrected chi connectivity index (χ1v) is 16.6. The Bertz CT molecular complexity index is 1930. The number of benzene rings is 4. The molecule has 230 valence electrons. The van der Waals surface area contributed by atoms with Crippen LogP contribution in [-0.4, -0.2) is 27.0 Å². The summed E-state index contributed by atoms with van der Waals surface area (Å²) >= 11 is 14.9. The lowest BCUT2D eigenvalue weighted by Crippen LogP contribution is -2.30. The summed E-state index contributed by atoms with van der Waals surface area (Å²) in [4.78, 5) is 28.5. The van der Waals surface area contributed by atoms with Gasteiger partial charge in [-0.25, -0.2) is 0 Å². The molecule has 2 heterocycles. The molecule has 1 aliphatic heterocycles. The van der Waals surface area contributed by atoms with E-state index in [9.17, 15) is 14.7 Å². The van der Waals surface area contributed by atoms with Gasteiger partial charge >= 0.3 is 0 Å². The zero-order chi connectivity index (χ0) is 32.0. The number of carbonyl (C=O) groups is 2. The van der Waals surface area contributed by atoms with Crippen LogP contribution in [0.4, 0.5) is 5.13 Å². The van der Waals surface area contributed by atoms with E-state index >= 15 is 0 Å². The lowest BCUT2D eigenvalue weighted by atomic mass is 9.95. The second kappa shape index (κ2) is 14.3. The number of halogens is 2. The molecule has 5 aromatic rings. The SMILES string of the molecule is O=C(/C=C/c1ccccc1)C1=C(O)C(=O)N(c2nnc(SCc3ccc(Cl)cc3Cl)s2)C1c1ccc(OCc2ccccc2)cc1. The second-order valence-electron chi connectivity index (χ2n) is 10.2. The normalized spacial score (nSPS) is 14.8. The maximum Gasteiger partial charge on any atom is 0.296 e. The van der Waals surface area contributed by atoms with Gasteiger partial charge in [-0.1, -0.05) is 131 Å². The average molecular weight is 687 g/mol. The van der Waals surface area contributed by atoms with Crippen LogP contribution in [0.3, 0.4) is 0 Å². The quantitative estimate of drug-likeness (QED) is 0.0843. The minimum absolute atomic E-state index is 0.0486. The standard InChI is InChI=1S/C35H25Cl2N3O4S2/c36-26-15-12-25(28(37)19-26)21-45-35-39-38-34(46-35)40-31(24-13-16-27(17-14-24)44-20-23-9-5-2-6-10-23)30(32(42)33(40)43)29(41)18-11-22-7-3-1-4-8-22/h1-19,31,42H,20-21H2/b18-11+. The number of aromatic nitrogens is 2. The van der Waals surface area contributed by atoms with E-state index in [0.717, 1.165) is 16.7 Å². The Balaban J connectivity index is 1.28. The number of amides is 1. The Labute approximate surface area is 283 Å². The topological polar surface area (TPSA) is 92.6 Å². The van der Waals surface area contributed by atoms with Crippen LogP contribution in [0.15, 0.2) is 125 Å². The van der Waals surface area contributed by atoms with Crippen LogP contribution in [0.1, 0.15) is 28.3 Å². The van der Waals surface area contributed by atoms with E-state index in [-0.39, 0.29) is 10.7 Å². The fraction of sp³-hybridized carbons (Fsp3) is 0.0857. The van der Waals surface area contributed by atoms with Crippen molar-refractivity contribution < 1.29 is 19.4 Å². The smallest absolute Gasteiger partial charge is 0.296 e. The number of hydrogen-bond acceptors (Lipinski definition) is 8. The number of nitrogens with zero attached hydrogens (tertiary/aromatic N) is 3.